The minimum Gasteiger partial charge on any atom is -0.352 e. The van der Waals surface area contributed by atoms with Gasteiger partial charge in [-0.05, 0) is 36.8 Å². The Labute approximate surface area is 137 Å². The number of guanidine groups is 1. The lowest BCUT2D eigenvalue weighted by molar-refractivity contribution is -0.137. The Bertz CT molecular complexity index is 677. The van der Waals surface area contributed by atoms with E-state index in [1.165, 1.54) is 15.8 Å². The molecule has 0 saturated heterocycles. The van der Waals surface area contributed by atoms with Gasteiger partial charge in [0.1, 0.15) is 0 Å². The molecule has 0 fully saturated rings. The monoisotopic (exact) mass is 341 g/mol. The molecule has 1 aromatic heterocycles. The largest absolute Gasteiger partial charge is 0.416 e. The minimum absolute atomic E-state index is 0.271. The summed E-state index contributed by atoms with van der Waals surface area (Å²) >= 11 is 1.69. The van der Waals surface area contributed by atoms with Crippen molar-refractivity contribution in [1.82, 2.24) is 10.6 Å². The summed E-state index contributed by atoms with van der Waals surface area (Å²) in [7, 11) is 1.63. The van der Waals surface area contributed by atoms with Crippen molar-refractivity contribution in [2.75, 3.05) is 7.05 Å². The Morgan fingerprint density at radius 1 is 1.13 bits per heavy atom. The average molecular weight is 341 g/mol. The number of nitrogens with one attached hydrogen (secondary N) is 2. The number of nitrogens with zero attached hydrogens (tertiary/aromatic N) is 1. The fourth-order valence-corrected chi connectivity index (χ4v) is 2.85. The number of alkyl halides is 3. The van der Waals surface area contributed by atoms with Crippen molar-refractivity contribution in [3.05, 3.63) is 57.3 Å². The first-order valence-electron chi connectivity index (χ1n) is 7.04. The maximum absolute atomic E-state index is 12.7. The van der Waals surface area contributed by atoms with E-state index in [1.54, 1.807) is 24.5 Å². The van der Waals surface area contributed by atoms with Gasteiger partial charge in [-0.2, -0.15) is 13.2 Å². The predicted molar refractivity (Wildman–Crippen MR) is 87.5 cm³/mol. The molecule has 2 aromatic rings. The van der Waals surface area contributed by atoms with E-state index in [0.29, 0.717) is 18.1 Å². The molecule has 1 aromatic carbocycles. The first-order valence-corrected chi connectivity index (χ1v) is 7.86. The van der Waals surface area contributed by atoms with Crippen LogP contribution in [-0.4, -0.2) is 13.0 Å². The molecule has 0 aliphatic rings. The molecule has 2 N–H and O–H groups in total. The maximum Gasteiger partial charge on any atom is 0.416 e. The Hall–Kier alpha value is -2.02. The third kappa shape index (κ3) is 5.28. The topological polar surface area (TPSA) is 36.4 Å². The van der Waals surface area contributed by atoms with E-state index >= 15 is 0 Å². The van der Waals surface area contributed by atoms with Gasteiger partial charge in [0.25, 0.3) is 0 Å². The molecule has 1 heterocycles. The summed E-state index contributed by atoms with van der Waals surface area (Å²) in [5.41, 5.74) is -0.0939. The average Bonchev–Trinajstić information content (AvgIpc) is 2.92. The molecule has 2 rings (SSSR count). The van der Waals surface area contributed by atoms with Crippen molar-refractivity contribution in [3.63, 3.8) is 0 Å². The second-order valence-electron chi connectivity index (χ2n) is 4.99. The number of thiophene rings is 1. The molecule has 0 bridgehead atoms. The van der Waals surface area contributed by atoms with Crippen LogP contribution < -0.4 is 10.6 Å². The van der Waals surface area contributed by atoms with Gasteiger partial charge in [0.05, 0.1) is 12.1 Å². The summed E-state index contributed by atoms with van der Waals surface area (Å²) in [5.74, 6) is 0.550. The second-order valence-corrected chi connectivity index (χ2v) is 6.36. The van der Waals surface area contributed by atoms with Gasteiger partial charge in [-0.1, -0.05) is 12.1 Å². The molecular weight excluding hydrogens is 323 g/mol. The summed E-state index contributed by atoms with van der Waals surface area (Å²) in [6, 6.07) is 9.34. The normalized spacial score (nSPS) is 12.3. The van der Waals surface area contributed by atoms with Crippen molar-refractivity contribution >= 4 is 17.3 Å². The van der Waals surface area contributed by atoms with Gasteiger partial charge in [0.15, 0.2) is 5.96 Å². The van der Waals surface area contributed by atoms with Crippen molar-refractivity contribution in [2.45, 2.75) is 26.2 Å². The molecule has 0 spiro atoms. The van der Waals surface area contributed by atoms with Crippen LogP contribution in [0.3, 0.4) is 0 Å². The lowest BCUT2D eigenvalue weighted by Crippen LogP contribution is -2.36. The Morgan fingerprint density at radius 3 is 2.48 bits per heavy atom. The number of hydrogen-bond acceptors (Lipinski definition) is 2. The van der Waals surface area contributed by atoms with E-state index in [0.717, 1.165) is 12.1 Å². The van der Waals surface area contributed by atoms with Gasteiger partial charge in [0, 0.05) is 23.3 Å². The molecule has 0 aliphatic carbocycles. The molecule has 23 heavy (non-hydrogen) atoms. The minimum atomic E-state index is -4.33. The maximum atomic E-state index is 12.7. The van der Waals surface area contributed by atoms with Gasteiger partial charge in [-0.25, -0.2) is 0 Å². The van der Waals surface area contributed by atoms with E-state index in [9.17, 15) is 13.2 Å². The number of halogens is 3. The van der Waals surface area contributed by atoms with Crippen LogP contribution in [0.5, 0.6) is 0 Å². The van der Waals surface area contributed by atoms with Crippen LogP contribution in [0.25, 0.3) is 0 Å². The highest BCUT2D eigenvalue weighted by Gasteiger charge is 2.30. The van der Waals surface area contributed by atoms with Gasteiger partial charge < -0.3 is 10.6 Å². The lowest BCUT2D eigenvalue weighted by atomic mass is 10.1. The van der Waals surface area contributed by atoms with Crippen LogP contribution in [-0.2, 0) is 19.3 Å². The van der Waals surface area contributed by atoms with Crippen molar-refractivity contribution < 1.29 is 13.2 Å². The molecule has 0 radical (unpaired) electrons. The van der Waals surface area contributed by atoms with E-state index in [4.69, 9.17) is 0 Å². The fraction of sp³-hybridized carbons (Fsp3) is 0.312. The van der Waals surface area contributed by atoms with Gasteiger partial charge in [-0.15, -0.1) is 11.3 Å². The molecule has 0 amide bonds. The van der Waals surface area contributed by atoms with Gasteiger partial charge in [-0.3, -0.25) is 4.99 Å². The Balaban J connectivity index is 1.90. The smallest absolute Gasteiger partial charge is 0.352 e. The number of hydrogen-bond donors (Lipinski definition) is 2. The van der Waals surface area contributed by atoms with Crippen molar-refractivity contribution in [3.8, 4) is 0 Å². The van der Waals surface area contributed by atoms with Crippen LogP contribution in [0.4, 0.5) is 13.2 Å². The molecule has 0 aliphatic heterocycles. The SMILES string of the molecule is CN=C(NCc1cccc(C(F)(F)F)c1)NCc1ccc(C)s1. The van der Waals surface area contributed by atoms with Crippen LogP contribution >= 0.6 is 11.3 Å². The zero-order valence-electron chi connectivity index (χ0n) is 12.9. The van der Waals surface area contributed by atoms with Gasteiger partial charge >= 0.3 is 6.18 Å². The van der Waals surface area contributed by atoms with Crippen LogP contribution in [0.1, 0.15) is 20.9 Å². The quantitative estimate of drug-likeness (QED) is 0.653. The molecule has 0 unspecified atom stereocenters. The summed E-state index contributed by atoms with van der Waals surface area (Å²) in [4.78, 5) is 6.47. The highest BCUT2D eigenvalue weighted by atomic mass is 32.1. The number of benzene rings is 1. The second kappa shape index (κ2) is 7.50. The predicted octanol–water partition coefficient (Wildman–Crippen LogP) is 3.94. The van der Waals surface area contributed by atoms with E-state index in [1.807, 2.05) is 19.1 Å². The molecule has 3 nitrogen and oxygen atoms in total. The van der Waals surface area contributed by atoms with Crippen LogP contribution in [0, 0.1) is 6.92 Å². The van der Waals surface area contributed by atoms with E-state index in [-0.39, 0.29) is 6.54 Å². The Morgan fingerprint density at radius 2 is 1.87 bits per heavy atom. The molecule has 0 atom stereocenters. The molecule has 7 heteroatoms. The third-order valence-electron chi connectivity index (χ3n) is 3.16. The summed E-state index contributed by atoms with van der Waals surface area (Å²) < 4.78 is 38.1. The van der Waals surface area contributed by atoms with Crippen molar-refractivity contribution in [1.29, 1.82) is 0 Å². The zero-order chi connectivity index (χ0) is 16.9. The highest BCUT2D eigenvalue weighted by molar-refractivity contribution is 7.11. The summed E-state index contributed by atoms with van der Waals surface area (Å²) in [5, 5.41) is 6.16. The summed E-state index contributed by atoms with van der Waals surface area (Å²) in [6.07, 6.45) is -4.33. The molecule has 0 saturated carbocycles. The standard InChI is InChI=1S/C16H18F3N3S/c1-11-6-7-14(23-11)10-22-15(20-2)21-9-12-4-3-5-13(8-12)16(17,18)19/h3-8H,9-10H2,1-2H3,(H2,20,21,22). The van der Waals surface area contributed by atoms with E-state index < -0.39 is 11.7 Å². The van der Waals surface area contributed by atoms with Gasteiger partial charge in [0.2, 0.25) is 0 Å². The number of rotatable bonds is 4. The highest BCUT2D eigenvalue weighted by Crippen LogP contribution is 2.29. The van der Waals surface area contributed by atoms with Crippen LogP contribution in [0.2, 0.25) is 0 Å². The lowest BCUT2D eigenvalue weighted by Gasteiger charge is -2.12. The number of aliphatic imine (C=N–C) groups is 1. The third-order valence-corrected chi connectivity index (χ3v) is 4.16. The van der Waals surface area contributed by atoms with Crippen LogP contribution in [0.15, 0.2) is 41.4 Å². The first kappa shape index (κ1) is 17.3. The molecular formula is C16H18F3N3S. The molecule has 124 valence electrons. The van der Waals surface area contributed by atoms with Crippen molar-refractivity contribution in [2.24, 2.45) is 4.99 Å². The first-order chi connectivity index (χ1) is 10.9. The fourth-order valence-electron chi connectivity index (χ4n) is 2.01. The summed E-state index contributed by atoms with van der Waals surface area (Å²) in [6.45, 7) is 2.93. The number of aryl methyl sites for hydroxylation is 1. The Kier molecular flexibility index (Phi) is 5.65. The van der Waals surface area contributed by atoms with E-state index in [2.05, 4.69) is 15.6 Å². The zero-order valence-corrected chi connectivity index (χ0v) is 13.7.